The summed E-state index contributed by atoms with van der Waals surface area (Å²) in [5, 5.41) is 4.86. The minimum atomic E-state index is 0.748. The molecular weight excluding hydrogens is 116 g/mol. The summed E-state index contributed by atoms with van der Waals surface area (Å²) in [6.45, 7) is 4.42. The molecule has 0 radical (unpaired) electrons. The van der Waals surface area contributed by atoms with Crippen LogP contribution in [0.1, 0.15) is 0 Å². The van der Waals surface area contributed by atoms with Crippen LogP contribution in [0.4, 0.5) is 0 Å². The van der Waals surface area contributed by atoms with Gasteiger partial charge in [-0.3, -0.25) is 0 Å². The Kier molecular flexibility index (Phi) is 0.678. The number of ether oxygens (including phenoxy) is 1. The minimum Gasteiger partial charge on any atom is -0.378 e. The molecule has 3 heterocycles. The van der Waals surface area contributed by atoms with Crippen LogP contribution in [0.25, 0.3) is 0 Å². The molecule has 3 rings (SSSR count). The third-order valence-electron chi connectivity index (χ3n) is 2.54. The van der Waals surface area contributed by atoms with Crippen LogP contribution in [0.2, 0.25) is 0 Å². The van der Waals surface area contributed by atoms with Gasteiger partial charge in [-0.05, 0) is 0 Å². The monoisotopic (exact) mass is 126 g/mol. The molecule has 9 heavy (non-hydrogen) atoms. The molecule has 50 valence electrons. The van der Waals surface area contributed by atoms with E-state index >= 15 is 0 Å². The number of piperazine rings is 1. The Morgan fingerprint density at radius 1 is 1.11 bits per heavy atom. The highest BCUT2D eigenvalue weighted by molar-refractivity contribution is 5.00. The average Bonchev–Trinajstić information content (AvgIpc) is 1.73. The quantitative estimate of drug-likeness (QED) is 0.427. The van der Waals surface area contributed by atoms with Crippen molar-refractivity contribution in [3.63, 3.8) is 0 Å². The number of hydrogen-bond donors (Lipinski definition) is 0. The van der Waals surface area contributed by atoms with Gasteiger partial charge in [0.05, 0.1) is 25.3 Å². The van der Waals surface area contributed by atoms with Crippen LogP contribution in [-0.4, -0.2) is 48.4 Å². The van der Waals surface area contributed by atoms with Crippen LogP contribution in [0, 0.1) is 0 Å². The largest absolute Gasteiger partial charge is 0.378 e. The van der Waals surface area contributed by atoms with Crippen LogP contribution >= 0.6 is 0 Å². The summed E-state index contributed by atoms with van der Waals surface area (Å²) in [5.41, 5.74) is 0. The summed E-state index contributed by atoms with van der Waals surface area (Å²) in [6, 6.07) is 1.50. The predicted octanol–water partition coefficient (Wildman–Crippen LogP) is -0.700. The Labute approximate surface area is 54.1 Å². The lowest BCUT2D eigenvalue weighted by atomic mass is 10.0. The average molecular weight is 126 g/mol. The maximum atomic E-state index is 5.39. The van der Waals surface area contributed by atoms with Gasteiger partial charge < -0.3 is 4.74 Å². The lowest BCUT2D eigenvalue weighted by Gasteiger charge is -2.65. The molecule has 0 aromatic heterocycles. The van der Waals surface area contributed by atoms with Crippen molar-refractivity contribution in [2.75, 3.05) is 26.3 Å². The van der Waals surface area contributed by atoms with Crippen molar-refractivity contribution in [3.05, 3.63) is 0 Å². The first-order chi connectivity index (χ1) is 4.45. The van der Waals surface area contributed by atoms with E-state index in [1.165, 1.54) is 13.1 Å². The summed E-state index contributed by atoms with van der Waals surface area (Å²) in [6.07, 6.45) is 0. The molecule has 0 saturated carbocycles. The number of nitrogens with zero attached hydrogens (tertiary/aromatic N) is 2. The van der Waals surface area contributed by atoms with E-state index in [1.807, 2.05) is 0 Å². The zero-order valence-corrected chi connectivity index (χ0v) is 5.29. The van der Waals surface area contributed by atoms with Gasteiger partial charge in [-0.2, -0.15) is 0 Å². The standard InChI is InChI=1S/C6H10N2O/c1-5-3-9-4-6-2-7(1)8(5)6/h5-6H,1-4H2. The second kappa shape index (κ2) is 1.31. The lowest BCUT2D eigenvalue weighted by molar-refractivity contribution is -0.318. The van der Waals surface area contributed by atoms with Crippen LogP contribution in [0.15, 0.2) is 0 Å². The number of morpholine rings is 1. The third-order valence-corrected chi connectivity index (χ3v) is 2.54. The fraction of sp³-hybridized carbons (Fsp3) is 1.00. The summed E-state index contributed by atoms with van der Waals surface area (Å²) in [7, 11) is 0. The lowest BCUT2D eigenvalue weighted by Crippen LogP contribution is -2.82. The molecule has 3 aliphatic rings. The molecule has 3 fully saturated rings. The van der Waals surface area contributed by atoms with E-state index in [-0.39, 0.29) is 0 Å². The van der Waals surface area contributed by atoms with Gasteiger partial charge in [-0.1, -0.05) is 0 Å². The molecular formula is C6H10N2O. The summed E-state index contributed by atoms with van der Waals surface area (Å²) in [4.78, 5) is 0. The number of hydrogen-bond acceptors (Lipinski definition) is 3. The van der Waals surface area contributed by atoms with E-state index in [4.69, 9.17) is 4.74 Å². The van der Waals surface area contributed by atoms with Gasteiger partial charge in [-0.25, -0.2) is 10.0 Å². The van der Waals surface area contributed by atoms with Gasteiger partial charge in [0, 0.05) is 13.1 Å². The van der Waals surface area contributed by atoms with Crippen molar-refractivity contribution in [1.82, 2.24) is 10.0 Å². The van der Waals surface area contributed by atoms with E-state index in [0.717, 1.165) is 25.3 Å². The summed E-state index contributed by atoms with van der Waals surface area (Å²) < 4.78 is 5.39. The topological polar surface area (TPSA) is 15.7 Å². The minimum absolute atomic E-state index is 0.748. The van der Waals surface area contributed by atoms with Gasteiger partial charge in [0.25, 0.3) is 0 Å². The number of hydrazine groups is 1. The van der Waals surface area contributed by atoms with E-state index in [9.17, 15) is 0 Å². The fourth-order valence-corrected chi connectivity index (χ4v) is 2.08. The smallest absolute Gasteiger partial charge is 0.0650 e. The van der Waals surface area contributed by atoms with E-state index in [1.54, 1.807) is 0 Å². The molecule has 0 aromatic carbocycles. The van der Waals surface area contributed by atoms with Crippen molar-refractivity contribution < 1.29 is 4.74 Å². The van der Waals surface area contributed by atoms with Gasteiger partial charge >= 0.3 is 0 Å². The van der Waals surface area contributed by atoms with Gasteiger partial charge in [0.15, 0.2) is 0 Å². The van der Waals surface area contributed by atoms with Crippen molar-refractivity contribution in [2.24, 2.45) is 0 Å². The molecule has 3 heteroatoms. The first-order valence-corrected chi connectivity index (χ1v) is 3.56. The Bertz CT molecular complexity index is 132. The zero-order valence-electron chi connectivity index (χ0n) is 5.29. The van der Waals surface area contributed by atoms with Crippen LogP contribution in [0.5, 0.6) is 0 Å². The Morgan fingerprint density at radius 2 is 1.78 bits per heavy atom. The normalized spacial score (nSPS) is 49.3. The maximum absolute atomic E-state index is 5.39. The molecule has 0 spiro atoms. The van der Waals surface area contributed by atoms with Crippen LogP contribution in [-0.2, 0) is 4.74 Å². The first kappa shape index (κ1) is 4.66. The van der Waals surface area contributed by atoms with E-state index in [2.05, 4.69) is 10.0 Å². The highest BCUT2D eigenvalue weighted by Crippen LogP contribution is 2.34. The molecule has 0 aromatic rings. The molecule has 2 atom stereocenters. The molecule has 0 aliphatic carbocycles. The molecule has 0 N–H and O–H groups in total. The highest BCUT2D eigenvalue weighted by Gasteiger charge is 2.52. The second-order valence-electron chi connectivity index (χ2n) is 3.10. The predicted molar refractivity (Wildman–Crippen MR) is 31.8 cm³/mol. The van der Waals surface area contributed by atoms with Gasteiger partial charge in [0.1, 0.15) is 0 Å². The van der Waals surface area contributed by atoms with Crippen molar-refractivity contribution in [2.45, 2.75) is 12.1 Å². The molecule has 2 unspecified atom stereocenters. The zero-order chi connectivity index (χ0) is 5.84. The second-order valence-corrected chi connectivity index (χ2v) is 3.10. The first-order valence-electron chi connectivity index (χ1n) is 3.56. The summed E-state index contributed by atoms with van der Waals surface area (Å²) in [5.74, 6) is 0. The van der Waals surface area contributed by atoms with Crippen LogP contribution in [0.3, 0.4) is 0 Å². The van der Waals surface area contributed by atoms with Crippen molar-refractivity contribution in [1.29, 1.82) is 0 Å². The molecule has 3 saturated heterocycles. The van der Waals surface area contributed by atoms with Crippen molar-refractivity contribution in [3.8, 4) is 0 Å². The fourth-order valence-electron chi connectivity index (χ4n) is 2.08. The number of rotatable bonds is 0. The third kappa shape index (κ3) is 0.407. The Balaban J connectivity index is 1.84. The van der Waals surface area contributed by atoms with Crippen LogP contribution < -0.4 is 0 Å². The van der Waals surface area contributed by atoms with E-state index < -0.39 is 0 Å². The Hall–Kier alpha value is -0.120. The molecule has 0 bridgehead atoms. The molecule has 0 amide bonds. The SMILES string of the molecule is C1OCC2CN3CC1N23. The van der Waals surface area contributed by atoms with Gasteiger partial charge in [0.2, 0.25) is 0 Å². The van der Waals surface area contributed by atoms with E-state index in [0.29, 0.717) is 0 Å². The van der Waals surface area contributed by atoms with Gasteiger partial charge in [-0.15, -0.1) is 0 Å². The van der Waals surface area contributed by atoms with Crippen molar-refractivity contribution >= 4 is 0 Å². The Morgan fingerprint density at radius 3 is 2.22 bits per heavy atom. The highest BCUT2D eigenvalue weighted by atomic mass is 16.5. The molecule has 3 aliphatic heterocycles. The summed E-state index contributed by atoms with van der Waals surface area (Å²) >= 11 is 0. The molecule has 3 nitrogen and oxygen atoms in total. The maximum Gasteiger partial charge on any atom is 0.0650 e.